The van der Waals surface area contributed by atoms with Crippen LogP contribution in [0.2, 0.25) is 5.02 Å². The normalized spacial score (nSPS) is 20.2. The maximum Gasteiger partial charge on any atom is 0.270 e. The molecule has 0 radical (unpaired) electrons. The van der Waals surface area contributed by atoms with Crippen LogP contribution < -0.4 is 5.32 Å². The molecule has 1 aromatic carbocycles. The summed E-state index contributed by atoms with van der Waals surface area (Å²) in [6.45, 7) is 1.82. The second-order valence-corrected chi connectivity index (χ2v) is 10.7. The largest absolute Gasteiger partial charge is 0.356 e. The Morgan fingerprint density at radius 2 is 1.75 bits per heavy atom. The molecule has 10 heteroatoms. The van der Waals surface area contributed by atoms with Gasteiger partial charge in [0.15, 0.2) is 0 Å². The van der Waals surface area contributed by atoms with Gasteiger partial charge in [0.1, 0.15) is 10.6 Å². The fourth-order valence-electron chi connectivity index (χ4n) is 4.22. The average molecular weight is 479 g/mol. The molecule has 2 aliphatic rings. The number of sulfonamides is 1. The predicted molar refractivity (Wildman–Crippen MR) is 122 cm³/mol. The van der Waals surface area contributed by atoms with E-state index in [-0.39, 0.29) is 28.9 Å². The Morgan fingerprint density at radius 1 is 1.03 bits per heavy atom. The van der Waals surface area contributed by atoms with E-state index in [1.165, 1.54) is 16.6 Å². The van der Waals surface area contributed by atoms with E-state index in [4.69, 9.17) is 11.6 Å². The van der Waals surface area contributed by atoms with Crippen molar-refractivity contribution in [2.75, 3.05) is 31.5 Å². The summed E-state index contributed by atoms with van der Waals surface area (Å²) >= 11 is 5.88. The fraction of sp³-hybridized carbons (Fsp3) is 0.455. The first-order valence-corrected chi connectivity index (χ1v) is 12.7. The van der Waals surface area contributed by atoms with Crippen molar-refractivity contribution in [3.63, 3.8) is 0 Å². The van der Waals surface area contributed by atoms with Gasteiger partial charge >= 0.3 is 0 Å². The molecule has 172 valence electrons. The van der Waals surface area contributed by atoms with Crippen molar-refractivity contribution in [1.29, 1.82) is 0 Å². The van der Waals surface area contributed by atoms with E-state index in [0.717, 1.165) is 19.3 Å². The Hall–Kier alpha value is -2.36. The highest BCUT2D eigenvalue weighted by atomic mass is 35.5. The van der Waals surface area contributed by atoms with Gasteiger partial charge in [0.05, 0.1) is 5.92 Å². The van der Waals surface area contributed by atoms with Crippen LogP contribution in [-0.2, 0) is 14.8 Å². The number of hydrogen-bond donors (Lipinski definition) is 2. The van der Waals surface area contributed by atoms with Gasteiger partial charge in [-0.15, -0.1) is 0 Å². The molecule has 0 aliphatic carbocycles. The third-order valence-electron chi connectivity index (χ3n) is 6.03. The highest BCUT2D eigenvalue weighted by molar-refractivity contribution is 7.89. The first-order chi connectivity index (χ1) is 15.3. The first-order valence-electron chi connectivity index (χ1n) is 10.9. The molecular formula is C22H27ClN4O4S. The van der Waals surface area contributed by atoms with Gasteiger partial charge in [0.2, 0.25) is 15.9 Å². The van der Waals surface area contributed by atoms with E-state index in [9.17, 15) is 18.0 Å². The number of benzene rings is 1. The Labute approximate surface area is 193 Å². The van der Waals surface area contributed by atoms with Gasteiger partial charge in [-0.2, -0.15) is 4.31 Å². The standard InChI is InChI=1S/C22H27ClN4O4S/c23-17-6-8-18(9-7-17)25-21(28)16-5-4-12-27(15-16)32(30,31)19-13-20(24-14-19)22(29)26-10-2-1-3-11-26/h6-9,13-14,16,24H,1-5,10-12,15H2,(H,25,28)/t16-/m0/s1. The quantitative estimate of drug-likeness (QED) is 0.687. The van der Waals surface area contributed by atoms with Crippen LogP contribution in [0.25, 0.3) is 0 Å². The molecule has 2 N–H and O–H groups in total. The summed E-state index contributed by atoms with van der Waals surface area (Å²) in [4.78, 5) is 30.0. The molecule has 2 aromatic rings. The summed E-state index contributed by atoms with van der Waals surface area (Å²) in [5.41, 5.74) is 0.894. The minimum absolute atomic E-state index is 0.0524. The van der Waals surface area contributed by atoms with E-state index in [0.29, 0.717) is 43.2 Å². The van der Waals surface area contributed by atoms with Crippen molar-refractivity contribution >= 4 is 39.1 Å². The van der Waals surface area contributed by atoms with Crippen LogP contribution in [0.15, 0.2) is 41.4 Å². The number of hydrogen-bond acceptors (Lipinski definition) is 4. The van der Waals surface area contributed by atoms with Crippen LogP contribution in [0.3, 0.4) is 0 Å². The number of rotatable bonds is 5. The number of likely N-dealkylation sites (tertiary alicyclic amines) is 1. The lowest BCUT2D eigenvalue weighted by Crippen LogP contribution is -2.43. The van der Waals surface area contributed by atoms with Crippen LogP contribution in [0.5, 0.6) is 0 Å². The third kappa shape index (κ3) is 5.00. The molecule has 2 amide bonds. The van der Waals surface area contributed by atoms with Crippen LogP contribution in [0.4, 0.5) is 5.69 Å². The number of halogens is 1. The molecule has 0 bridgehead atoms. The average Bonchev–Trinajstić information content (AvgIpc) is 3.32. The summed E-state index contributed by atoms with van der Waals surface area (Å²) in [6, 6.07) is 8.19. The zero-order valence-electron chi connectivity index (χ0n) is 17.7. The molecule has 0 spiro atoms. The molecule has 1 aromatic heterocycles. The molecule has 1 atom stereocenters. The van der Waals surface area contributed by atoms with Crippen molar-refractivity contribution in [2.45, 2.75) is 37.0 Å². The SMILES string of the molecule is O=C(Nc1ccc(Cl)cc1)[C@H]1CCCN(S(=O)(=O)c2c[nH]c(C(=O)N3CCCCC3)c2)C1. The summed E-state index contributed by atoms with van der Waals surface area (Å²) in [5, 5.41) is 3.40. The molecule has 0 unspecified atom stereocenters. The number of piperidine rings is 2. The lowest BCUT2D eigenvalue weighted by Gasteiger charge is -2.31. The number of H-pyrrole nitrogens is 1. The summed E-state index contributed by atoms with van der Waals surface area (Å²) in [7, 11) is -3.82. The highest BCUT2D eigenvalue weighted by Crippen LogP contribution is 2.26. The zero-order valence-corrected chi connectivity index (χ0v) is 19.3. The van der Waals surface area contributed by atoms with Crippen molar-refractivity contribution in [3.8, 4) is 0 Å². The van der Waals surface area contributed by atoms with E-state index >= 15 is 0 Å². The third-order valence-corrected chi connectivity index (χ3v) is 8.13. The Kier molecular flexibility index (Phi) is 6.88. The van der Waals surface area contributed by atoms with Gasteiger partial charge in [-0.1, -0.05) is 11.6 Å². The van der Waals surface area contributed by atoms with Crippen molar-refractivity contribution in [3.05, 3.63) is 47.2 Å². The smallest absolute Gasteiger partial charge is 0.270 e. The summed E-state index contributed by atoms with van der Waals surface area (Å²) in [5.74, 6) is -0.852. The van der Waals surface area contributed by atoms with Crippen molar-refractivity contribution in [1.82, 2.24) is 14.2 Å². The summed E-state index contributed by atoms with van der Waals surface area (Å²) < 4.78 is 27.7. The minimum atomic E-state index is -3.82. The van der Waals surface area contributed by atoms with Crippen LogP contribution in [-0.4, -0.2) is 60.6 Å². The Morgan fingerprint density at radius 3 is 2.47 bits per heavy atom. The maximum atomic E-state index is 13.2. The molecule has 2 saturated heterocycles. The lowest BCUT2D eigenvalue weighted by molar-refractivity contribution is -0.120. The van der Waals surface area contributed by atoms with Gasteiger partial charge < -0.3 is 15.2 Å². The van der Waals surface area contributed by atoms with Crippen molar-refractivity contribution in [2.24, 2.45) is 5.92 Å². The van der Waals surface area contributed by atoms with Crippen LogP contribution >= 0.6 is 11.6 Å². The summed E-state index contributed by atoms with van der Waals surface area (Å²) in [6.07, 6.45) is 5.59. The topological polar surface area (TPSA) is 103 Å². The van der Waals surface area contributed by atoms with Crippen LogP contribution in [0.1, 0.15) is 42.6 Å². The molecule has 3 heterocycles. The Balaban J connectivity index is 1.43. The Bertz CT molecular complexity index is 1080. The number of carbonyl (C=O) groups is 2. The number of nitrogens with zero attached hydrogens (tertiary/aromatic N) is 2. The van der Waals surface area contributed by atoms with E-state index in [1.807, 2.05) is 0 Å². The van der Waals surface area contributed by atoms with Gasteiger partial charge in [0, 0.05) is 43.1 Å². The van der Waals surface area contributed by atoms with E-state index in [1.54, 1.807) is 29.2 Å². The van der Waals surface area contributed by atoms with Crippen molar-refractivity contribution < 1.29 is 18.0 Å². The fourth-order valence-corrected chi connectivity index (χ4v) is 5.86. The molecule has 2 aliphatic heterocycles. The number of anilines is 1. The van der Waals surface area contributed by atoms with Crippen LogP contribution in [0, 0.1) is 5.92 Å². The number of amides is 2. The highest BCUT2D eigenvalue weighted by Gasteiger charge is 2.34. The first kappa shape index (κ1) is 22.8. The minimum Gasteiger partial charge on any atom is -0.356 e. The second-order valence-electron chi connectivity index (χ2n) is 8.30. The monoisotopic (exact) mass is 478 g/mol. The number of carbonyl (C=O) groups excluding carboxylic acids is 2. The second kappa shape index (κ2) is 9.64. The molecule has 2 fully saturated rings. The van der Waals surface area contributed by atoms with Gasteiger partial charge in [-0.3, -0.25) is 9.59 Å². The van der Waals surface area contributed by atoms with E-state index in [2.05, 4.69) is 10.3 Å². The molecular weight excluding hydrogens is 452 g/mol. The van der Waals surface area contributed by atoms with E-state index < -0.39 is 15.9 Å². The molecule has 0 saturated carbocycles. The number of aromatic nitrogens is 1. The predicted octanol–water partition coefficient (Wildman–Crippen LogP) is 3.33. The molecule has 4 rings (SSSR count). The molecule has 8 nitrogen and oxygen atoms in total. The maximum absolute atomic E-state index is 13.2. The number of aromatic amines is 1. The number of nitrogens with one attached hydrogen (secondary N) is 2. The van der Waals surface area contributed by atoms with Gasteiger partial charge in [0.25, 0.3) is 5.91 Å². The lowest BCUT2D eigenvalue weighted by atomic mass is 9.99. The zero-order chi connectivity index (χ0) is 22.7. The van der Waals surface area contributed by atoms with Gasteiger partial charge in [-0.25, -0.2) is 8.42 Å². The van der Waals surface area contributed by atoms with Gasteiger partial charge in [-0.05, 0) is 62.4 Å². The molecule has 32 heavy (non-hydrogen) atoms.